The van der Waals surface area contributed by atoms with E-state index in [2.05, 4.69) is 11.9 Å². The summed E-state index contributed by atoms with van der Waals surface area (Å²) in [6.45, 7) is 9.99. The summed E-state index contributed by atoms with van der Waals surface area (Å²) in [5.74, 6) is 0.891. The molecule has 0 bridgehead atoms. The second-order valence-corrected chi connectivity index (χ2v) is 3.90. The fraction of sp³-hybridized carbons (Fsp3) is 0.385. The lowest BCUT2D eigenvalue weighted by molar-refractivity contribution is 0.242. The van der Waals surface area contributed by atoms with Gasteiger partial charge in [-0.1, -0.05) is 6.58 Å². The van der Waals surface area contributed by atoms with E-state index >= 15 is 0 Å². The summed E-state index contributed by atoms with van der Waals surface area (Å²) >= 11 is 0. The fourth-order valence-corrected chi connectivity index (χ4v) is 1.44. The number of benzene rings is 1. The Labute approximate surface area is 92.0 Å². The lowest BCUT2D eigenvalue weighted by Gasteiger charge is -2.14. The van der Waals surface area contributed by atoms with Crippen molar-refractivity contribution >= 4 is 11.3 Å². The fourth-order valence-electron chi connectivity index (χ4n) is 1.44. The molecule has 0 unspecified atom stereocenters. The van der Waals surface area contributed by atoms with Crippen LogP contribution in [0.4, 0.5) is 5.69 Å². The average Bonchev–Trinajstić information content (AvgIpc) is 2.16. The summed E-state index contributed by atoms with van der Waals surface area (Å²) in [7, 11) is 1.91. The van der Waals surface area contributed by atoms with Crippen LogP contribution in [0.5, 0.6) is 5.75 Å². The summed E-state index contributed by atoms with van der Waals surface area (Å²) in [5, 5.41) is 3.14. The van der Waals surface area contributed by atoms with E-state index in [1.165, 1.54) is 0 Å². The van der Waals surface area contributed by atoms with E-state index in [9.17, 15) is 0 Å². The van der Waals surface area contributed by atoms with Crippen molar-refractivity contribution < 1.29 is 4.74 Å². The van der Waals surface area contributed by atoms with Crippen molar-refractivity contribution in [3.63, 3.8) is 0 Å². The van der Waals surface area contributed by atoms with Crippen LogP contribution in [-0.4, -0.2) is 13.2 Å². The molecule has 1 N–H and O–H groups in total. The third-order valence-electron chi connectivity index (χ3n) is 2.09. The van der Waals surface area contributed by atoms with E-state index in [4.69, 9.17) is 4.74 Å². The van der Waals surface area contributed by atoms with Crippen molar-refractivity contribution in [3.05, 3.63) is 30.3 Å². The van der Waals surface area contributed by atoms with Crippen molar-refractivity contribution in [1.29, 1.82) is 0 Å². The molecule has 1 rings (SSSR count). The van der Waals surface area contributed by atoms with Crippen LogP contribution >= 0.6 is 0 Å². The van der Waals surface area contributed by atoms with Crippen LogP contribution in [0.15, 0.2) is 24.8 Å². The van der Waals surface area contributed by atoms with E-state index in [1.54, 1.807) is 0 Å². The Balaban J connectivity index is 3.05. The van der Waals surface area contributed by atoms with Gasteiger partial charge in [-0.15, -0.1) is 0 Å². The summed E-state index contributed by atoms with van der Waals surface area (Å²) in [6.07, 6.45) is 0.198. The van der Waals surface area contributed by atoms with E-state index in [-0.39, 0.29) is 6.10 Å². The average molecular weight is 205 g/mol. The maximum absolute atomic E-state index is 5.64. The summed E-state index contributed by atoms with van der Waals surface area (Å²) in [5.41, 5.74) is 3.22. The standard InChI is InChI=1S/C13H19NO/c1-9(2)12-8-11(15-10(3)4)6-7-13(12)14-5/h6-8,10,14H,1H2,2-5H3. The van der Waals surface area contributed by atoms with E-state index < -0.39 is 0 Å². The molecule has 15 heavy (non-hydrogen) atoms. The van der Waals surface area contributed by atoms with Gasteiger partial charge in [-0.05, 0) is 44.5 Å². The predicted molar refractivity (Wildman–Crippen MR) is 66.5 cm³/mol. The Morgan fingerprint density at radius 2 is 2.07 bits per heavy atom. The Hall–Kier alpha value is -1.44. The Kier molecular flexibility index (Phi) is 3.78. The monoisotopic (exact) mass is 205 g/mol. The second kappa shape index (κ2) is 4.87. The highest BCUT2D eigenvalue weighted by Crippen LogP contribution is 2.27. The van der Waals surface area contributed by atoms with Crippen LogP contribution in [-0.2, 0) is 0 Å². The minimum Gasteiger partial charge on any atom is -0.491 e. The number of ether oxygens (including phenoxy) is 1. The smallest absolute Gasteiger partial charge is 0.120 e. The summed E-state index contributed by atoms with van der Waals surface area (Å²) in [6, 6.07) is 6.01. The SMILES string of the molecule is C=C(C)c1cc(OC(C)C)ccc1NC. The summed E-state index contributed by atoms with van der Waals surface area (Å²) in [4.78, 5) is 0. The van der Waals surface area contributed by atoms with Crippen LogP contribution in [0.1, 0.15) is 26.3 Å². The van der Waals surface area contributed by atoms with Gasteiger partial charge in [0, 0.05) is 18.3 Å². The van der Waals surface area contributed by atoms with Crippen molar-refractivity contribution in [3.8, 4) is 5.75 Å². The first-order valence-electron chi connectivity index (χ1n) is 5.19. The maximum atomic E-state index is 5.64. The Bertz CT molecular complexity index is 356. The van der Waals surface area contributed by atoms with Gasteiger partial charge in [0.15, 0.2) is 0 Å². The van der Waals surface area contributed by atoms with Crippen molar-refractivity contribution in [2.45, 2.75) is 26.9 Å². The predicted octanol–water partition coefficient (Wildman–Crippen LogP) is 3.55. The lowest BCUT2D eigenvalue weighted by atomic mass is 10.1. The molecule has 2 heteroatoms. The van der Waals surface area contributed by atoms with Gasteiger partial charge in [0.2, 0.25) is 0 Å². The number of nitrogens with one attached hydrogen (secondary N) is 1. The molecule has 1 aromatic carbocycles. The molecule has 82 valence electrons. The molecule has 2 nitrogen and oxygen atoms in total. The Morgan fingerprint density at radius 1 is 1.40 bits per heavy atom. The van der Waals surface area contributed by atoms with Crippen LogP contribution < -0.4 is 10.1 Å². The maximum Gasteiger partial charge on any atom is 0.120 e. The molecule has 0 atom stereocenters. The van der Waals surface area contributed by atoms with Crippen molar-refractivity contribution in [2.24, 2.45) is 0 Å². The zero-order valence-corrected chi connectivity index (χ0v) is 9.92. The molecule has 0 radical (unpaired) electrons. The van der Waals surface area contributed by atoms with Gasteiger partial charge in [-0.25, -0.2) is 0 Å². The molecule has 0 aromatic heterocycles. The molecule has 0 aliphatic heterocycles. The van der Waals surface area contributed by atoms with Crippen molar-refractivity contribution in [1.82, 2.24) is 0 Å². The molecule has 0 heterocycles. The lowest BCUT2D eigenvalue weighted by Crippen LogP contribution is -2.06. The molecular weight excluding hydrogens is 186 g/mol. The number of rotatable bonds is 4. The van der Waals surface area contributed by atoms with Crippen LogP contribution in [0, 0.1) is 0 Å². The number of anilines is 1. The van der Waals surface area contributed by atoms with E-state index in [1.807, 2.05) is 46.0 Å². The van der Waals surface area contributed by atoms with E-state index in [0.29, 0.717) is 0 Å². The number of allylic oxidation sites excluding steroid dienone is 1. The van der Waals surface area contributed by atoms with Crippen LogP contribution in [0.3, 0.4) is 0 Å². The van der Waals surface area contributed by atoms with Gasteiger partial charge < -0.3 is 10.1 Å². The Morgan fingerprint density at radius 3 is 2.53 bits per heavy atom. The van der Waals surface area contributed by atoms with Gasteiger partial charge in [0.1, 0.15) is 5.75 Å². The normalized spacial score (nSPS) is 10.2. The zero-order valence-electron chi connectivity index (χ0n) is 9.92. The minimum absolute atomic E-state index is 0.198. The van der Waals surface area contributed by atoms with Crippen LogP contribution in [0.25, 0.3) is 5.57 Å². The zero-order chi connectivity index (χ0) is 11.4. The molecule has 0 spiro atoms. The molecule has 0 saturated carbocycles. The number of hydrogen-bond donors (Lipinski definition) is 1. The number of hydrogen-bond acceptors (Lipinski definition) is 2. The molecule has 1 aromatic rings. The van der Waals surface area contributed by atoms with Gasteiger partial charge in [-0.2, -0.15) is 0 Å². The molecule has 0 amide bonds. The third-order valence-corrected chi connectivity index (χ3v) is 2.09. The molecule has 0 aliphatic rings. The molecular formula is C13H19NO. The summed E-state index contributed by atoms with van der Waals surface area (Å²) < 4.78 is 5.64. The highest BCUT2D eigenvalue weighted by Gasteiger charge is 2.05. The first-order valence-corrected chi connectivity index (χ1v) is 5.19. The van der Waals surface area contributed by atoms with Crippen LogP contribution in [0.2, 0.25) is 0 Å². The molecule has 0 aliphatic carbocycles. The topological polar surface area (TPSA) is 21.3 Å². The van der Waals surface area contributed by atoms with Gasteiger partial charge >= 0.3 is 0 Å². The van der Waals surface area contributed by atoms with Gasteiger partial charge in [0.25, 0.3) is 0 Å². The molecule has 0 saturated heterocycles. The minimum atomic E-state index is 0.198. The largest absolute Gasteiger partial charge is 0.491 e. The first kappa shape index (κ1) is 11.6. The van der Waals surface area contributed by atoms with Gasteiger partial charge in [-0.3, -0.25) is 0 Å². The third kappa shape index (κ3) is 3.01. The highest BCUT2D eigenvalue weighted by molar-refractivity contribution is 5.75. The highest BCUT2D eigenvalue weighted by atomic mass is 16.5. The van der Waals surface area contributed by atoms with Gasteiger partial charge in [0.05, 0.1) is 6.10 Å². The van der Waals surface area contributed by atoms with Crippen molar-refractivity contribution in [2.75, 3.05) is 12.4 Å². The second-order valence-electron chi connectivity index (χ2n) is 3.90. The van der Waals surface area contributed by atoms with E-state index in [0.717, 1.165) is 22.6 Å². The quantitative estimate of drug-likeness (QED) is 0.811. The first-order chi connectivity index (χ1) is 7.04. The molecule has 0 fully saturated rings.